The maximum absolute atomic E-state index is 13.3. The second-order valence-corrected chi connectivity index (χ2v) is 7.18. The van der Waals surface area contributed by atoms with Crippen LogP contribution in [0.1, 0.15) is 31.7 Å². The number of halogens is 1. The first-order chi connectivity index (χ1) is 9.81. The molecule has 0 saturated carbocycles. The highest BCUT2D eigenvalue weighted by Gasteiger charge is 2.30. The topological polar surface area (TPSA) is 75.4 Å². The Morgan fingerprint density at radius 2 is 2.19 bits per heavy atom. The quantitative estimate of drug-likeness (QED) is 0.828. The van der Waals surface area contributed by atoms with Crippen molar-refractivity contribution < 1.29 is 12.8 Å². The summed E-state index contributed by atoms with van der Waals surface area (Å²) in [5.41, 5.74) is 5.90. The Labute approximate surface area is 129 Å². The first-order valence-electron chi connectivity index (χ1n) is 6.70. The Morgan fingerprint density at radius 1 is 1.48 bits per heavy atom. The molecule has 21 heavy (non-hydrogen) atoms. The molecule has 1 aromatic carbocycles. The average molecular weight is 331 g/mol. The zero-order valence-electron chi connectivity index (χ0n) is 11.7. The third kappa shape index (κ3) is 3.69. The number of nitrogens with two attached hydrogens (primary N) is 1. The van der Waals surface area contributed by atoms with Gasteiger partial charge in [-0.2, -0.15) is 12.7 Å². The van der Waals surface area contributed by atoms with Gasteiger partial charge in [0.25, 0.3) is 0 Å². The van der Waals surface area contributed by atoms with E-state index in [0.717, 1.165) is 25.3 Å². The SMILES string of the molecule is CC1CCCCN1S(=O)(=O)Nc1ccc(F)cc1C(N)=S. The van der Waals surface area contributed by atoms with E-state index in [2.05, 4.69) is 4.72 Å². The number of piperidine rings is 1. The number of nitrogens with zero attached hydrogens (tertiary/aromatic N) is 1. The molecule has 5 nitrogen and oxygen atoms in total. The van der Waals surface area contributed by atoms with Crippen LogP contribution in [0, 0.1) is 5.82 Å². The van der Waals surface area contributed by atoms with Crippen molar-refractivity contribution in [3.63, 3.8) is 0 Å². The van der Waals surface area contributed by atoms with Gasteiger partial charge in [0.1, 0.15) is 10.8 Å². The molecule has 0 spiro atoms. The second-order valence-electron chi connectivity index (χ2n) is 5.12. The van der Waals surface area contributed by atoms with Crippen molar-refractivity contribution >= 4 is 33.1 Å². The summed E-state index contributed by atoms with van der Waals surface area (Å²) in [5.74, 6) is -0.521. The van der Waals surface area contributed by atoms with Crippen molar-refractivity contribution in [1.82, 2.24) is 4.31 Å². The minimum absolute atomic E-state index is 0.0566. The summed E-state index contributed by atoms with van der Waals surface area (Å²) in [6, 6.07) is 3.56. The van der Waals surface area contributed by atoms with E-state index in [0.29, 0.717) is 6.54 Å². The van der Waals surface area contributed by atoms with E-state index < -0.39 is 16.0 Å². The Balaban J connectivity index is 2.30. The van der Waals surface area contributed by atoms with E-state index in [1.807, 2.05) is 6.92 Å². The predicted molar refractivity (Wildman–Crippen MR) is 84.8 cm³/mol. The molecule has 1 aliphatic heterocycles. The molecule has 8 heteroatoms. The Hall–Kier alpha value is -1.25. The molecule has 1 fully saturated rings. The predicted octanol–water partition coefficient (Wildman–Crippen LogP) is 1.99. The Morgan fingerprint density at radius 3 is 2.81 bits per heavy atom. The van der Waals surface area contributed by atoms with Gasteiger partial charge < -0.3 is 5.73 Å². The zero-order valence-corrected chi connectivity index (χ0v) is 13.3. The fraction of sp³-hybridized carbons (Fsp3) is 0.462. The van der Waals surface area contributed by atoms with Gasteiger partial charge in [-0.1, -0.05) is 18.6 Å². The number of rotatable bonds is 4. The van der Waals surface area contributed by atoms with Crippen LogP contribution in [0.3, 0.4) is 0 Å². The molecule has 1 saturated heterocycles. The third-order valence-corrected chi connectivity index (χ3v) is 5.39. The van der Waals surface area contributed by atoms with Crippen LogP contribution in [-0.2, 0) is 10.2 Å². The van der Waals surface area contributed by atoms with Gasteiger partial charge in [-0.05, 0) is 38.0 Å². The summed E-state index contributed by atoms with van der Waals surface area (Å²) < 4.78 is 42.1. The van der Waals surface area contributed by atoms with Crippen molar-refractivity contribution in [2.24, 2.45) is 5.73 Å². The van der Waals surface area contributed by atoms with E-state index >= 15 is 0 Å². The van der Waals surface area contributed by atoms with Crippen LogP contribution in [0.5, 0.6) is 0 Å². The van der Waals surface area contributed by atoms with Gasteiger partial charge in [-0.15, -0.1) is 0 Å². The number of hydrogen-bond acceptors (Lipinski definition) is 3. The lowest BCUT2D eigenvalue weighted by atomic mass is 10.1. The molecular weight excluding hydrogens is 313 g/mol. The molecule has 2 rings (SSSR count). The van der Waals surface area contributed by atoms with Crippen LogP contribution in [0.15, 0.2) is 18.2 Å². The summed E-state index contributed by atoms with van der Waals surface area (Å²) >= 11 is 4.84. The number of nitrogens with one attached hydrogen (secondary N) is 1. The summed E-state index contributed by atoms with van der Waals surface area (Å²) in [6.45, 7) is 2.34. The van der Waals surface area contributed by atoms with E-state index in [1.54, 1.807) is 0 Å². The highest BCUT2D eigenvalue weighted by molar-refractivity contribution is 7.90. The fourth-order valence-electron chi connectivity index (χ4n) is 2.44. The maximum atomic E-state index is 13.3. The van der Waals surface area contributed by atoms with Crippen LogP contribution in [0.4, 0.5) is 10.1 Å². The summed E-state index contributed by atoms with van der Waals surface area (Å²) in [4.78, 5) is -0.0566. The number of hydrogen-bond donors (Lipinski definition) is 2. The van der Waals surface area contributed by atoms with Crippen molar-refractivity contribution in [2.45, 2.75) is 32.2 Å². The van der Waals surface area contributed by atoms with E-state index in [9.17, 15) is 12.8 Å². The van der Waals surface area contributed by atoms with Gasteiger partial charge in [-0.3, -0.25) is 4.72 Å². The van der Waals surface area contributed by atoms with E-state index in [4.69, 9.17) is 18.0 Å². The van der Waals surface area contributed by atoms with Gasteiger partial charge in [0.2, 0.25) is 0 Å². The van der Waals surface area contributed by atoms with Crippen molar-refractivity contribution in [3.05, 3.63) is 29.6 Å². The molecular formula is C13H18FN3O2S2. The molecule has 3 N–H and O–H groups in total. The molecule has 1 unspecified atom stereocenters. The number of benzene rings is 1. The highest BCUT2D eigenvalue weighted by atomic mass is 32.2. The van der Waals surface area contributed by atoms with Crippen molar-refractivity contribution in [1.29, 1.82) is 0 Å². The average Bonchev–Trinajstić information content (AvgIpc) is 2.40. The van der Waals surface area contributed by atoms with Gasteiger partial charge in [0, 0.05) is 18.2 Å². The minimum atomic E-state index is -3.71. The third-order valence-electron chi connectivity index (χ3n) is 3.54. The lowest BCUT2D eigenvalue weighted by Gasteiger charge is -2.32. The van der Waals surface area contributed by atoms with Gasteiger partial charge in [-0.25, -0.2) is 4.39 Å². The molecule has 1 atom stereocenters. The molecule has 0 aliphatic carbocycles. The summed E-state index contributed by atoms with van der Waals surface area (Å²) in [7, 11) is -3.71. The fourth-order valence-corrected chi connectivity index (χ4v) is 4.13. The molecule has 1 aliphatic rings. The Bertz CT molecular complexity index is 649. The van der Waals surface area contributed by atoms with Crippen LogP contribution in [0.25, 0.3) is 0 Å². The van der Waals surface area contributed by atoms with Crippen LogP contribution in [0.2, 0.25) is 0 Å². The molecule has 116 valence electrons. The van der Waals surface area contributed by atoms with Gasteiger partial charge >= 0.3 is 10.2 Å². The Kier molecular flexibility index (Phi) is 4.80. The number of thiocarbonyl (C=S) groups is 1. The second kappa shape index (κ2) is 6.25. The van der Waals surface area contributed by atoms with Crippen LogP contribution >= 0.6 is 12.2 Å². The molecule has 0 radical (unpaired) electrons. The molecule has 1 aromatic rings. The van der Waals surface area contributed by atoms with Gasteiger partial charge in [0.15, 0.2) is 0 Å². The van der Waals surface area contributed by atoms with Crippen LogP contribution < -0.4 is 10.5 Å². The zero-order chi connectivity index (χ0) is 15.6. The standard InChI is InChI=1S/C13H18FN3O2S2/c1-9-4-2-3-7-17(9)21(18,19)16-12-6-5-10(14)8-11(12)13(15)20/h5-6,8-9,16H,2-4,7H2,1H3,(H2,15,20). The summed E-state index contributed by atoms with van der Waals surface area (Å²) in [5, 5.41) is 0. The van der Waals surface area contributed by atoms with Crippen molar-refractivity contribution in [3.8, 4) is 0 Å². The first kappa shape index (κ1) is 16.1. The molecule has 0 amide bonds. The smallest absolute Gasteiger partial charge is 0.301 e. The minimum Gasteiger partial charge on any atom is -0.389 e. The largest absolute Gasteiger partial charge is 0.389 e. The maximum Gasteiger partial charge on any atom is 0.301 e. The van der Waals surface area contributed by atoms with Crippen molar-refractivity contribution in [2.75, 3.05) is 11.3 Å². The lowest BCUT2D eigenvalue weighted by Crippen LogP contribution is -2.45. The normalized spacial score (nSPS) is 20.2. The van der Waals surface area contributed by atoms with E-state index in [1.165, 1.54) is 16.4 Å². The van der Waals surface area contributed by atoms with Crippen LogP contribution in [-0.4, -0.2) is 30.3 Å². The molecule has 0 bridgehead atoms. The first-order valence-corrected chi connectivity index (χ1v) is 8.55. The number of anilines is 1. The monoisotopic (exact) mass is 331 g/mol. The lowest BCUT2D eigenvalue weighted by molar-refractivity contribution is 0.270. The van der Waals surface area contributed by atoms with Gasteiger partial charge in [0.05, 0.1) is 5.69 Å². The highest BCUT2D eigenvalue weighted by Crippen LogP contribution is 2.24. The molecule has 0 aromatic heterocycles. The molecule has 1 heterocycles. The summed E-state index contributed by atoms with van der Waals surface area (Å²) in [6.07, 6.45) is 2.67. The van der Waals surface area contributed by atoms with E-state index in [-0.39, 0.29) is 22.3 Å².